The van der Waals surface area contributed by atoms with Gasteiger partial charge in [-0.05, 0) is 26.0 Å². The number of hydrogen-bond donors (Lipinski definition) is 0. The standard InChI is InChI=1S/C20H16N6O3S/c1-12-3-5-14(6-4-12)17-11-30-20(21-17)25-19(27)18(13(2)24-25)23-22-15-7-9-16(10-8-15)26(28)29/h3-11,18H,1-2H3/t18-/m1/s1. The Morgan fingerprint density at radius 3 is 2.47 bits per heavy atom. The number of aromatic nitrogens is 1. The number of hydrogen-bond acceptors (Lipinski definition) is 8. The molecular weight excluding hydrogens is 404 g/mol. The van der Waals surface area contributed by atoms with E-state index < -0.39 is 11.0 Å². The van der Waals surface area contributed by atoms with Crippen LogP contribution in [0.5, 0.6) is 0 Å². The Morgan fingerprint density at radius 2 is 1.80 bits per heavy atom. The van der Waals surface area contributed by atoms with Gasteiger partial charge in [0, 0.05) is 23.1 Å². The van der Waals surface area contributed by atoms with E-state index in [-0.39, 0.29) is 11.6 Å². The van der Waals surface area contributed by atoms with Gasteiger partial charge < -0.3 is 0 Å². The highest BCUT2D eigenvalue weighted by atomic mass is 32.1. The maximum atomic E-state index is 12.8. The van der Waals surface area contributed by atoms with Crippen LogP contribution >= 0.6 is 11.3 Å². The molecule has 4 rings (SSSR count). The fraction of sp³-hybridized carbons (Fsp3) is 0.150. The van der Waals surface area contributed by atoms with Gasteiger partial charge in [0.05, 0.1) is 22.0 Å². The minimum atomic E-state index is -0.855. The molecule has 2 heterocycles. The molecule has 1 amide bonds. The molecule has 0 unspecified atom stereocenters. The number of nitro benzene ring substituents is 1. The van der Waals surface area contributed by atoms with E-state index in [0.29, 0.717) is 16.5 Å². The molecule has 0 bridgehead atoms. The molecule has 1 atom stereocenters. The highest BCUT2D eigenvalue weighted by Gasteiger charge is 2.36. The number of aryl methyl sites for hydroxylation is 1. The van der Waals surface area contributed by atoms with Crippen molar-refractivity contribution in [3.8, 4) is 11.3 Å². The van der Waals surface area contributed by atoms with Gasteiger partial charge in [-0.1, -0.05) is 29.8 Å². The predicted octanol–water partition coefficient (Wildman–Crippen LogP) is 4.90. The maximum Gasteiger partial charge on any atom is 0.282 e. The second-order valence-electron chi connectivity index (χ2n) is 6.66. The summed E-state index contributed by atoms with van der Waals surface area (Å²) in [6, 6.07) is 12.7. The van der Waals surface area contributed by atoms with Crippen LogP contribution in [0.4, 0.5) is 16.5 Å². The lowest BCUT2D eigenvalue weighted by atomic mass is 10.1. The van der Waals surface area contributed by atoms with Gasteiger partial charge >= 0.3 is 0 Å². The molecule has 1 aliphatic rings. The summed E-state index contributed by atoms with van der Waals surface area (Å²) in [7, 11) is 0. The summed E-state index contributed by atoms with van der Waals surface area (Å²) in [5.41, 5.74) is 3.76. The molecule has 10 heteroatoms. The zero-order valence-electron chi connectivity index (χ0n) is 16.1. The summed E-state index contributed by atoms with van der Waals surface area (Å²) in [5.74, 6) is -0.344. The molecule has 150 valence electrons. The van der Waals surface area contributed by atoms with E-state index >= 15 is 0 Å². The van der Waals surface area contributed by atoms with E-state index in [1.807, 2.05) is 36.6 Å². The summed E-state index contributed by atoms with van der Waals surface area (Å²) in [6.45, 7) is 3.72. The Hall–Kier alpha value is -3.79. The minimum absolute atomic E-state index is 0.0389. The minimum Gasteiger partial charge on any atom is -0.269 e. The summed E-state index contributed by atoms with van der Waals surface area (Å²) in [6.07, 6.45) is 0. The van der Waals surface area contributed by atoms with Crippen LogP contribution < -0.4 is 5.01 Å². The van der Waals surface area contributed by atoms with Crippen LogP contribution in [0.1, 0.15) is 12.5 Å². The zero-order valence-corrected chi connectivity index (χ0v) is 16.9. The molecule has 0 spiro atoms. The topological polar surface area (TPSA) is 113 Å². The summed E-state index contributed by atoms with van der Waals surface area (Å²) in [5, 5.41) is 26.7. The van der Waals surface area contributed by atoms with Crippen molar-refractivity contribution in [3.63, 3.8) is 0 Å². The lowest BCUT2D eigenvalue weighted by Gasteiger charge is -2.08. The van der Waals surface area contributed by atoms with E-state index in [9.17, 15) is 14.9 Å². The van der Waals surface area contributed by atoms with E-state index in [4.69, 9.17) is 0 Å². The molecule has 0 saturated carbocycles. The van der Waals surface area contributed by atoms with Crippen LogP contribution in [0.2, 0.25) is 0 Å². The van der Waals surface area contributed by atoms with Gasteiger partial charge in [0.25, 0.3) is 11.6 Å². The van der Waals surface area contributed by atoms with Crippen LogP contribution in [-0.2, 0) is 4.79 Å². The lowest BCUT2D eigenvalue weighted by molar-refractivity contribution is -0.384. The highest BCUT2D eigenvalue weighted by Crippen LogP contribution is 2.31. The number of amides is 1. The smallest absolute Gasteiger partial charge is 0.269 e. The first-order chi connectivity index (χ1) is 14.4. The number of nitrogens with zero attached hydrogens (tertiary/aromatic N) is 6. The second kappa shape index (κ2) is 7.91. The van der Waals surface area contributed by atoms with Crippen molar-refractivity contribution in [2.75, 3.05) is 5.01 Å². The monoisotopic (exact) mass is 420 g/mol. The Morgan fingerprint density at radius 1 is 1.10 bits per heavy atom. The predicted molar refractivity (Wildman–Crippen MR) is 114 cm³/mol. The van der Waals surface area contributed by atoms with Crippen LogP contribution in [0.15, 0.2) is 69.2 Å². The van der Waals surface area contributed by atoms with Crippen molar-refractivity contribution in [3.05, 3.63) is 69.6 Å². The fourth-order valence-electron chi connectivity index (χ4n) is 2.81. The van der Waals surface area contributed by atoms with Crippen molar-refractivity contribution >= 4 is 39.5 Å². The van der Waals surface area contributed by atoms with Crippen molar-refractivity contribution < 1.29 is 9.72 Å². The molecule has 3 aromatic rings. The molecule has 0 aliphatic carbocycles. The van der Waals surface area contributed by atoms with Gasteiger partial charge in [0.2, 0.25) is 5.13 Å². The summed E-state index contributed by atoms with van der Waals surface area (Å²) in [4.78, 5) is 27.6. The second-order valence-corrected chi connectivity index (χ2v) is 7.50. The Bertz CT molecular complexity index is 1170. The SMILES string of the molecule is CC1=NN(c2nc(-c3ccc(C)cc3)cs2)C(=O)[C@@H]1N=Nc1ccc([N+](=O)[O-])cc1. The summed E-state index contributed by atoms with van der Waals surface area (Å²) < 4.78 is 0. The number of nitro groups is 1. The van der Waals surface area contributed by atoms with Crippen LogP contribution in [0.3, 0.4) is 0 Å². The average molecular weight is 420 g/mol. The number of carbonyl (C=O) groups excluding carboxylic acids is 1. The van der Waals surface area contributed by atoms with Crippen LogP contribution in [0, 0.1) is 17.0 Å². The molecule has 9 nitrogen and oxygen atoms in total. The number of anilines is 1. The van der Waals surface area contributed by atoms with Crippen molar-refractivity contribution in [1.29, 1.82) is 0 Å². The number of benzene rings is 2. The van der Waals surface area contributed by atoms with Gasteiger partial charge in [0.15, 0.2) is 6.04 Å². The largest absolute Gasteiger partial charge is 0.282 e. The number of rotatable bonds is 5. The molecule has 0 N–H and O–H groups in total. The zero-order chi connectivity index (χ0) is 21.3. The van der Waals surface area contributed by atoms with E-state index in [2.05, 4.69) is 20.3 Å². The van der Waals surface area contributed by atoms with Crippen LogP contribution in [-0.4, -0.2) is 27.6 Å². The van der Waals surface area contributed by atoms with Gasteiger partial charge in [-0.25, -0.2) is 4.98 Å². The van der Waals surface area contributed by atoms with Gasteiger partial charge in [-0.2, -0.15) is 20.3 Å². The quantitative estimate of drug-likeness (QED) is 0.332. The maximum absolute atomic E-state index is 12.8. The van der Waals surface area contributed by atoms with Gasteiger partial charge in [-0.15, -0.1) is 11.3 Å². The third kappa shape index (κ3) is 3.85. The van der Waals surface area contributed by atoms with Crippen molar-refractivity contribution in [1.82, 2.24) is 4.98 Å². The highest BCUT2D eigenvalue weighted by molar-refractivity contribution is 7.14. The van der Waals surface area contributed by atoms with Gasteiger partial charge in [-0.3, -0.25) is 14.9 Å². The Balaban J connectivity index is 1.51. The first-order valence-electron chi connectivity index (χ1n) is 8.99. The first-order valence-corrected chi connectivity index (χ1v) is 9.87. The fourth-order valence-corrected chi connectivity index (χ4v) is 3.60. The first kappa shape index (κ1) is 19.5. The summed E-state index contributed by atoms with van der Waals surface area (Å²) >= 11 is 1.32. The van der Waals surface area contributed by atoms with Crippen LogP contribution in [0.25, 0.3) is 11.3 Å². The Kier molecular flexibility index (Phi) is 5.15. The third-order valence-corrected chi connectivity index (χ3v) is 5.28. The molecule has 1 aliphatic heterocycles. The molecule has 0 fully saturated rings. The number of thiazole rings is 1. The third-order valence-electron chi connectivity index (χ3n) is 4.47. The average Bonchev–Trinajstić information content (AvgIpc) is 3.32. The number of azo groups is 1. The molecular formula is C20H16N6O3S. The Labute approximate surface area is 175 Å². The van der Waals surface area contributed by atoms with E-state index in [0.717, 1.165) is 16.8 Å². The van der Waals surface area contributed by atoms with Gasteiger partial charge in [0.1, 0.15) is 0 Å². The molecule has 1 aromatic heterocycles. The normalized spacial score (nSPS) is 16.3. The molecule has 2 aromatic carbocycles. The van der Waals surface area contributed by atoms with Crippen molar-refractivity contribution in [2.24, 2.45) is 15.3 Å². The number of non-ortho nitro benzene ring substituents is 1. The lowest BCUT2D eigenvalue weighted by Crippen LogP contribution is -2.29. The molecule has 0 saturated heterocycles. The van der Waals surface area contributed by atoms with E-state index in [1.165, 1.54) is 40.6 Å². The number of hydrazone groups is 1. The molecule has 30 heavy (non-hydrogen) atoms. The molecule has 0 radical (unpaired) electrons. The van der Waals surface area contributed by atoms with E-state index in [1.54, 1.807) is 6.92 Å². The number of carbonyl (C=O) groups is 1. The van der Waals surface area contributed by atoms with Crippen molar-refractivity contribution in [2.45, 2.75) is 19.9 Å².